The lowest BCUT2D eigenvalue weighted by atomic mass is 10.0. The molecule has 0 heterocycles. The zero-order valence-corrected chi connectivity index (χ0v) is 14.0. The molecular weight excluding hydrogens is 246 g/mol. The monoisotopic (exact) mass is 277 g/mol. The zero-order valence-electron chi connectivity index (χ0n) is 14.0. The molecule has 20 heavy (non-hydrogen) atoms. The molecule has 0 saturated carbocycles. The molecule has 0 fully saturated rings. The van der Waals surface area contributed by atoms with Crippen molar-refractivity contribution in [2.24, 2.45) is 5.92 Å². The first-order valence-electron chi connectivity index (χ1n) is 7.71. The lowest BCUT2D eigenvalue weighted by molar-refractivity contribution is 0.0417. The predicted molar refractivity (Wildman–Crippen MR) is 87.1 cm³/mol. The molecule has 1 aromatic carbocycles. The standard InChI is InChI=1S/C18H31NO/c1-14(2)11-12-20-17(13-19-18(4,5)6)16-9-7-15(3)8-10-16/h7-10,14,17,19H,11-13H2,1-6H3. The average molecular weight is 277 g/mol. The normalized spacial score (nSPS) is 13.8. The molecular formula is C18H31NO. The largest absolute Gasteiger partial charge is 0.372 e. The topological polar surface area (TPSA) is 21.3 Å². The van der Waals surface area contributed by atoms with Crippen molar-refractivity contribution in [3.8, 4) is 0 Å². The third kappa shape index (κ3) is 7.06. The molecule has 1 unspecified atom stereocenters. The maximum absolute atomic E-state index is 6.11. The number of hydrogen-bond donors (Lipinski definition) is 1. The molecule has 1 N–H and O–H groups in total. The Balaban J connectivity index is 2.65. The fourth-order valence-electron chi connectivity index (χ4n) is 1.90. The maximum atomic E-state index is 6.11. The Bertz CT molecular complexity index is 375. The minimum absolute atomic E-state index is 0.115. The highest BCUT2D eigenvalue weighted by molar-refractivity contribution is 5.23. The Kier molecular flexibility index (Phi) is 6.70. The van der Waals surface area contributed by atoms with Crippen LogP contribution in [0.15, 0.2) is 24.3 Å². The van der Waals surface area contributed by atoms with E-state index in [2.05, 4.69) is 71.1 Å². The molecule has 2 nitrogen and oxygen atoms in total. The molecule has 0 radical (unpaired) electrons. The summed E-state index contributed by atoms with van der Waals surface area (Å²) in [7, 11) is 0. The molecule has 0 spiro atoms. The van der Waals surface area contributed by atoms with E-state index in [4.69, 9.17) is 4.74 Å². The molecule has 0 amide bonds. The lowest BCUT2D eigenvalue weighted by Crippen LogP contribution is -2.39. The summed E-state index contributed by atoms with van der Waals surface area (Å²) in [5.74, 6) is 0.684. The van der Waals surface area contributed by atoms with Crippen LogP contribution in [0, 0.1) is 12.8 Å². The third-order valence-corrected chi connectivity index (χ3v) is 3.28. The minimum atomic E-state index is 0.115. The Morgan fingerprint density at radius 1 is 1.10 bits per heavy atom. The highest BCUT2D eigenvalue weighted by Crippen LogP contribution is 2.19. The van der Waals surface area contributed by atoms with Gasteiger partial charge in [-0.2, -0.15) is 0 Å². The number of ether oxygens (including phenoxy) is 1. The number of aryl methyl sites for hydroxylation is 1. The second kappa shape index (κ2) is 7.80. The molecule has 1 aromatic rings. The highest BCUT2D eigenvalue weighted by atomic mass is 16.5. The van der Waals surface area contributed by atoms with Gasteiger partial charge in [-0.25, -0.2) is 0 Å². The number of benzene rings is 1. The molecule has 0 aliphatic heterocycles. The quantitative estimate of drug-likeness (QED) is 0.793. The van der Waals surface area contributed by atoms with Gasteiger partial charge in [-0.05, 0) is 45.6 Å². The highest BCUT2D eigenvalue weighted by Gasteiger charge is 2.16. The van der Waals surface area contributed by atoms with Gasteiger partial charge < -0.3 is 10.1 Å². The molecule has 1 atom stereocenters. The van der Waals surface area contributed by atoms with Crippen molar-refractivity contribution in [3.05, 3.63) is 35.4 Å². The van der Waals surface area contributed by atoms with Gasteiger partial charge >= 0.3 is 0 Å². The summed E-state index contributed by atoms with van der Waals surface area (Å²) in [5.41, 5.74) is 2.67. The number of hydrogen-bond acceptors (Lipinski definition) is 2. The first-order valence-corrected chi connectivity index (χ1v) is 7.71. The lowest BCUT2D eigenvalue weighted by Gasteiger charge is -2.26. The van der Waals surface area contributed by atoms with Crippen molar-refractivity contribution in [1.82, 2.24) is 5.32 Å². The van der Waals surface area contributed by atoms with Crippen LogP contribution in [0.5, 0.6) is 0 Å². The van der Waals surface area contributed by atoms with Crippen LogP contribution < -0.4 is 5.32 Å². The summed E-state index contributed by atoms with van der Waals surface area (Å²) in [5, 5.41) is 3.55. The van der Waals surface area contributed by atoms with Crippen molar-refractivity contribution < 1.29 is 4.74 Å². The van der Waals surface area contributed by atoms with Gasteiger partial charge in [0.05, 0.1) is 6.10 Å². The molecule has 0 saturated heterocycles. The third-order valence-electron chi connectivity index (χ3n) is 3.28. The molecule has 0 aliphatic rings. The van der Waals surface area contributed by atoms with E-state index in [0.717, 1.165) is 19.6 Å². The summed E-state index contributed by atoms with van der Waals surface area (Å²) in [6.07, 6.45) is 1.24. The van der Waals surface area contributed by atoms with Crippen LogP contribution in [0.2, 0.25) is 0 Å². The van der Waals surface area contributed by atoms with E-state index in [0.29, 0.717) is 5.92 Å². The van der Waals surface area contributed by atoms with E-state index in [9.17, 15) is 0 Å². The van der Waals surface area contributed by atoms with Crippen LogP contribution in [0.3, 0.4) is 0 Å². The number of nitrogens with one attached hydrogen (secondary N) is 1. The van der Waals surface area contributed by atoms with Crippen LogP contribution in [-0.2, 0) is 4.74 Å². The fourth-order valence-corrected chi connectivity index (χ4v) is 1.90. The van der Waals surface area contributed by atoms with E-state index >= 15 is 0 Å². The minimum Gasteiger partial charge on any atom is -0.372 e. The predicted octanol–water partition coefficient (Wildman–Crippen LogP) is 4.49. The second-order valence-electron chi connectivity index (χ2n) is 7.08. The van der Waals surface area contributed by atoms with E-state index in [1.807, 2.05) is 0 Å². The summed E-state index contributed by atoms with van der Waals surface area (Å²) in [6.45, 7) is 14.8. The van der Waals surface area contributed by atoms with Gasteiger partial charge in [0.25, 0.3) is 0 Å². The van der Waals surface area contributed by atoms with Gasteiger partial charge in [0, 0.05) is 18.7 Å². The van der Waals surface area contributed by atoms with Gasteiger partial charge in [0.2, 0.25) is 0 Å². The van der Waals surface area contributed by atoms with E-state index in [1.54, 1.807) is 0 Å². The molecule has 0 bridgehead atoms. The Morgan fingerprint density at radius 3 is 2.20 bits per heavy atom. The fraction of sp³-hybridized carbons (Fsp3) is 0.667. The van der Waals surface area contributed by atoms with Gasteiger partial charge in [-0.1, -0.05) is 43.7 Å². The van der Waals surface area contributed by atoms with Gasteiger partial charge in [0.15, 0.2) is 0 Å². The summed E-state index contributed by atoms with van der Waals surface area (Å²) >= 11 is 0. The van der Waals surface area contributed by atoms with Crippen molar-refractivity contribution in [2.45, 2.75) is 59.6 Å². The SMILES string of the molecule is Cc1ccc(C(CNC(C)(C)C)OCCC(C)C)cc1. The smallest absolute Gasteiger partial charge is 0.0949 e. The summed E-state index contributed by atoms with van der Waals surface area (Å²) in [4.78, 5) is 0. The van der Waals surface area contributed by atoms with Crippen molar-refractivity contribution >= 4 is 0 Å². The first-order chi connectivity index (χ1) is 9.28. The van der Waals surface area contributed by atoms with Gasteiger partial charge in [-0.15, -0.1) is 0 Å². The summed E-state index contributed by atoms with van der Waals surface area (Å²) < 4.78 is 6.11. The van der Waals surface area contributed by atoms with E-state index in [1.165, 1.54) is 11.1 Å². The van der Waals surface area contributed by atoms with Crippen LogP contribution in [0.4, 0.5) is 0 Å². The van der Waals surface area contributed by atoms with Gasteiger partial charge in [-0.3, -0.25) is 0 Å². The Morgan fingerprint density at radius 2 is 1.70 bits per heavy atom. The number of rotatable bonds is 7. The Hall–Kier alpha value is -0.860. The van der Waals surface area contributed by atoms with E-state index in [-0.39, 0.29) is 11.6 Å². The second-order valence-corrected chi connectivity index (χ2v) is 7.08. The maximum Gasteiger partial charge on any atom is 0.0949 e. The van der Waals surface area contributed by atoms with Crippen molar-refractivity contribution in [1.29, 1.82) is 0 Å². The molecule has 1 rings (SSSR count). The first kappa shape index (κ1) is 17.2. The molecule has 2 heteroatoms. The van der Waals surface area contributed by atoms with Crippen LogP contribution in [0.25, 0.3) is 0 Å². The van der Waals surface area contributed by atoms with Crippen LogP contribution >= 0.6 is 0 Å². The van der Waals surface area contributed by atoms with Crippen molar-refractivity contribution in [3.63, 3.8) is 0 Å². The van der Waals surface area contributed by atoms with E-state index < -0.39 is 0 Å². The zero-order chi connectivity index (χ0) is 15.2. The summed E-state index contributed by atoms with van der Waals surface area (Å²) in [6, 6.07) is 8.68. The Labute approximate surface area is 124 Å². The van der Waals surface area contributed by atoms with Crippen LogP contribution in [-0.4, -0.2) is 18.7 Å². The van der Waals surface area contributed by atoms with Crippen LogP contribution in [0.1, 0.15) is 58.3 Å². The molecule has 114 valence electrons. The molecule has 0 aromatic heterocycles. The molecule has 0 aliphatic carbocycles. The average Bonchev–Trinajstić information content (AvgIpc) is 2.33. The van der Waals surface area contributed by atoms with Gasteiger partial charge in [0.1, 0.15) is 0 Å². The van der Waals surface area contributed by atoms with Crippen molar-refractivity contribution in [2.75, 3.05) is 13.2 Å².